The molecule has 0 N–H and O–H groups in total. The van der Waals surface area contributed by atoms with Crippen LogP contribution in [0.5, 0.6) is 0 Å². The van der Waals surface area contributed by atoms with Gasteiger partial charge in [0.1, 0.15) is 0 Å². The molecule has 1 unspecified atom stereocenters. The Labute approximate surface area is 89.2 Å². The van der Waals surface area contributed by atoms with Crippen molar-refractivity contribution in [2.24, 2.45) is 0 Å². The molecular formula is C10H8NO3S-. The molecule has 0 saturated carbocycles. The average Bonchev–Trinajstić information content (AvgIpc) is 2.65. The predicted molar refractivity (Wildman–Crippen MR) is 53.9 cm³/mol. The number of hydrogen-bond acceptors (Lipinski definition) is 4. The quantitative estimate of drug-likeness (QED) is 0.728. The molecule has 2 rings (SSSR count). The fraction of sp³-hybridized carbons (Fsp3) is 0.100. The first-order chi connectivity index (χ1) is 7.16. The van der Waals surface area contributed by atoms with Crippen molar-refractivity contribution in [1.82, 2.24) is 5.16 Å². The summed E-state index contributed by atoms with van der Waals surface area (Å²) in [4.78, 5) is 0.238. The molecule has 0 aliphatic carbocycles. The maximum atomic E-state index is 10.7. The zero-order valence-corrected chi connectivity index (χ0v) is 8.78. The summed E-state index contributed by atoms with van der Waals surface area (Å²) in [5.74, 6) is 0.569. The maximum Gasteiger partial charge on any atom is 0.167 e. The number of nitrogens with zero attached hydrogens (tertiary/aromatic N) is 1. The van der Waals surface area contributed by atoms with Crippen LogP contribution in [0.2, 0.25) is 0 Å². The fourth-order valence-corrected chi connectivity index (χ4v) is 1.67. The highest BCUT2D eigenvalue weighted by Gasteiger charge is 2.04. The van der Waals surface area contributed by atoms with Crippen LogP contribution in [0.3, 0.4) is 0 Å². The predicted octanol–water partition coefficient (Wildman–Crippen LogP) is 1.89. The topological polar surface area (TPSA) is 66.2 Å². The third kappa shape index (κ3) is 2.14. The van der Waals surface area contributed by atoms with Crippen LogP contribution in [0.4, 0.5) is 0 Å². The molecule has 1 atom stereocenters. The van der Waals surface area contributed by atoms with E-state index in [1.165, 1.54) is 6.07 Å². The van der Waals surface area contributed by atoms with Gasteiger partial charge in [0.05, 0.1) is 5.69 Å². The first kappa shape index (κ1) is 10.1. The van der Waals surface area contributed by atoms with E-state index in [2.05, 4.69) is 5.16 Å². The van der Waals surface area contributed by atoms with Crippen molar-refractivity contribution < 1.29 is 13.3 Å². The van der Waals surface area contributed by atoms with Crippen LogP contribution in [0.1, 0.15) is 5.69 Å². The molecule has 4 nitrogen and oxygen atoms in total. The zero-order chi connectivity index (χ0) is 10.8. The summed E-state index contributed by atoms with van der Waals surface area (Å²) in [5, 5.41) is 3.74. The van der Waals surface area contributed by atoms with Crippen LogP contribution in [0, 0.1) is 6.92 Å². The number of rotatable bonds is 2. The van der Waals surface area contributed by atoms with Crippen LogP contribution >= 0.6 is 0 Å². The van der Waals surface area contributed by atoms with Crippen LogP contribution in [0.15, 0.2) is 39.8 Å². The lowest BCUT2D eigenvalue weighted by Crippen LogP contribution is -1.88. The Kier molecular flexibility index (Phi) is 2.66. The molecule has 5 heteroatoms. The minimum Gasteiger partial charge on any atom is -0.768 e. The van der Waals surface area contributed by atoms with Crippen LogP contribution in [0.25, 0.3) is 11.3 Å². The second-order valence-corrected chi connectivity index (χ2v) is 4.04. The van der Waals surface area contributed by atoms with Gasteiger partial charge in [0.25, 0.3) is 0 Å². The highest BCUT2D eigenvalue weighted by molar-refractivity contribution is 7.79. The summed E-state index contributed by atoms with van der Waals surface area (Å²) in [7, 11) is 0. The van der Waals surface area contributed by atoms with Crippen molar-refractivity contribution in [3.05, 3.63) is 36.0 Å². The maximum absolute atomic E-state index is 10.7. The van der Waals surface area contributed by atoms with E-state index in [-0.39, 0.29) is 4.90 Å². The van der Waals surface area contributed by atoms with Crippen LogP contribution in [-0.2, 0) is 11.1 Å². The van der Waals surface area contributed by atoms with Gasteiger partial charge in [0, 0.05) is 16.5 Å². The molecule has 0 spiro atoms. The highest BCUT2D eigenvalue weighted by Crippen LogP contribution is 2.21. The minimum atomic E-state index is -2.22. The van der Waals surface area contributed by atoms with Gasteiger partial charge in [-0.25, -0.2) is 0 Å². The molecule has 0 bridgehead atoms. The third-order valence-electron chi connectivity index (χ3n) is 1.94. The van der Waals surface area contributed by atoms with Gasteiger partial charge in [-0.15, -0.1) is 0 Å². The standard InChI is InChI=1S/C10H9NO3S/c1-7-5-10(14-11-7)8-3-2-4-9(6-8)15(12)13/h2-6H,1H3,(H,12,13)/p-1. The van der Waals surface area contributed by atoms with Gasteiger partial charge in [-0.2, -0.15) is 0 Å². The lowest BCUT2D eigenvalue weighted by molar-refractivity contribution is 0.427. The summed E-state index contributed by atoms with van der Waals surface area (Å²) in [5.41, 5.74) is 1.47. The van der Waals surface area contributed by atoms with Gasteiger partial charge in [0.15, 0.2) is 5.76 Å². The summed E-state index contributed by atoms with van der Waals surface area (Å²) in [6.45, 7) is 1.81. The number of aryl methyl sites for hydroxylation is 1. The number of benzene rings is 1. The lowest BCUT2D eigenvalue weighted by atomic mass is 10.2. The Balaban J connectivity index is 2.45. The molecule has 0 saturated heterocycles. The largest absolute Gasteiger partial charge is 0.768 e. The van der Waals surface area contributed by atoms with Gasteiger partial charge in [-0.1, -0.05) is 17.3 Å². The normalized spacial score (nSPS) is 12.7. The second-order valence-electron chi connectivity index (χ2n) is 3.10. The van der Waals surface area contributed by atoms with Gasteiger partial charge in [-0.05, 0) is 30.1 Å². The van der Waals surface area contributed by atoms with Crippen molar-refractivity contribution in [2.45, 2.75) is 11.8 Å². The Morgan fingerprint density at radius 2 is 2.20 bits per heavy atom. The molecule has 0 radical (unpaired) electrons. The molecule has 1 aromatic heterocycles. The van der Waals surface area contributed by atoms with Crippen LogP contribution < -0.4 is 0 Å². The Bertz CT molecular complexity index is 507. The molecule has 0 aliphatic rings. The molecule has 78 valence electrons. The summed E-state index contributed by atoms with van der Waals surface area (Å²) in [6.07, 6.45) is 0. The second kappa shape index (κ2) is 3.96. The Morgan fingerprint density at radius 3 is 2.80 bits per heavy atom. The summed E-state index contributed by atoms with van der Waals surface area (Å²) >= 11 is -2.22. The van der Waals surface area contributed by atoms with Gasteiger partial charge < -0.3 is 9.08 Å². The van der Waals surface area contributed by atoms with Crippen molar-refractivity contribution in [3.63, 3.8) is 0 Å². The van der Waals surface area contributed by atoms with Gasteiger partial charge in [-0.3, -0.25) is 4.21 Å². The Hall–Kier alpha value is -1.46. The van der Waals surface area contributed by atoms with E-state index in [1.54, 1.807) is 24.3 Å². The molecule has 2 aromatic rings. The summed E-state index contributed by atoms with van der Waals surface area (Å²) in [6, 6.07) is 8.26. The minimum absolute atomic E-state index is 0.238. The molecular weight excluding hydrogens is 214 g/mol. The van der Waals surface area contributed by atoms with E-state index in [9.17, 15) is 8.76 Å². The molecule has 0 fully saturated rings. The molecule has 1 aromatic carbocycles. The Morgan fingerprint density at radius 1 is 1.40 bits per heavy atom. The SMILES string of the molecule is Cc1cc(-c2cccc(S(=O)[O-])c2)on1. The third-order valence-corrected chi connectivity index (χ3v) is 2.58. The molecule has 0 amide bonds. The molecule has 15 heavy (non-hydrogen) atoms. The van der Waals surface area contributed by atoms with Crippen molar-refractivity contribution in [1.29, 1.82) is 0 Å². The highest BCUT2D eigenvalue weighted by atomic mass is 32.2. The molecule has 1 heterocycles. The smallest absolute Gasteiger partial charge is 0.167 e. The number of aromatic nitrogens is 1. The molecule has 0 aliphatic heterocycles. The lowest BCUT2D eigenvalue weighted by Gasteiger charge is -2.05. The van der Waals surface area contributed by atoms with E-state index in [1.807, 2.05) is 6.92 Å². The van der Waals surface area contributed by atoms with E-state index >= 15 is 0 Å². The summed E-state index contributed by atoms with van der Waals surface area (Å²) < 4.78 is 26.5. The van der Waals surface area contributed by atoms with Gasteiger partial charge >= 0.3 is 0 Å². The first-order valence-electron chi connectivity index (χ1n) is 4.30. The van der Waals surface area contributed by atoms with E-state index in [0.29, 0.717) is 11.3 Å². The fourth-order valence-electron chi connectivity index (χ4n) is 1.25. The number of hydrogen-bond donors (Lipinski definition) is 0. The van der Waals surface area contributed by atoms with Crippen molar-refractivity contribution in [2.75, 3.05) is 0 Å². The monoisotopic (exact) mass is 222 g/mol. The van der Waals surface area contributed by atoms with Crippen molar-refractivity contribution >= 4 is 11.1 Å². The van der Waals surface area contributed by atoms with Crippen molar-refractivity contribution in [3.8, 4) is 11.3 Å². The first-order valence-corrected chi connectivity index (χ1v) is 5.37. The van der Waals surface area contributed by atoms with E-state index in [4.69, 9.17) is 4.52 Å². The van der Waals surface area contributed by atoms with Crippen LogP contribution in [-0.4, -0.2) is 13.9 Å². The zero-order valence-electron chi connectivity index (χ0n) is 7.97. The average molecular weight is 222 g/mol. The van der Waals surface area contributed by atoms with E-state index in [0.717, 1.165) is 5.69 Å². The van der Waals surface area contributed by atoms with Gasteiger partial charge in [0.2, 0.25) is 0 Å². The van der Waals surface area contributed by atoms with E-state index < -0.39 is 11.1 Å².